The number of benzene rings is 2. The fraction of sp³-hybridized carbons (Fsp3) is 0.238. The summed E-state index contributed by atoms with van der Waals surface area (Å²) in [6, 6.07) is 12.7. The molecule has 29 heavy (non-hydrogen) atoms. The van der Waals surface area contributed by atoms with Crippen LogP contribution in [0.2, 0.25) is 0 Å². The number of sulfonamides is 1. The molecule has 8 heteroatoms. The fourth-order valence-corrected chi connectivity index (χ4v) is 5.00. The molecule has 0 amide bonds. The summed E-state index contributed by atoms with van der Waals surface area (Å²) in [5.41, 5.74) is 0.181. The van der Waals surface area contributed by atoms with Gasteiger partial charge in [-0.15, -0.1) is 0 Å². The normalized spacial score (nSPS) is 14.9. The predicted octanol–water partition coefficient (Wildman–Crippen LogP) is 3.22. The van der Waals surface area contributed by atoms with Crippen molar-refractivity contribution in [2.24, 2.45) is 0 Å². The number of methoxy groups -OCH3 is 1. The highest BCUT2D eigenvalue weighted by molar-refractivity contribution is 7.89. The number of hydrogen-bond donors (Lipinski definition) is 0. The Morgan fingerprint density at radius 3 is 2.34 bits per heavy atom. The van der Waals surface area contributed by atoms with Crippen molar-refractivity contribution in [1.29, 1.82) is 0 Å². The minimum absolute atomic E-state index is 0.0127. The van der Waals surface area contributed by atoms with E-state index in [0.717, 1.165) is 4.31 Å². The van der Waals surface area contributed by atoms with Gasteiger partial charge in [0.05, 0.1) is 12.0 Å². The molecule has 0 unspecified atom stereocenters. The van der Waals surface area contributed by atoms with Crippen LogP contribution in [-0.4, -0.2) is 38.1 Å². The van der Waals surface area contributed by atoms with E-state index in [1.54, 1.807) is 37.3 Å². The highest BCUT2D eigenvalue weighted by Gasteiger charge is 2.40. The van der Waals surface area contributed by atoms with Crippen LogP contribution in [0, 0.1) is 0 Å². The van der Waals surface area contributed by atoms with Gasteiger partial charge in [0.2, 0.25) is 0 Å². The predicted molar refractivity (Wildman–Crippen MR) is 107 cm³/mol. The molecule has 0 aliphatic carbocycles. The fourth-order valence-electron chi connectivity index (χ4n) is 3.19. The largest absolute Gasteiger partial charge is 0.496 e. The molecule has 0 fully saturated rings. The van der Waals surface area contributed by atoms with E-state index < -0.39 is 21.8 Å². The molecule has 0 saturated carbocycles. The maximum atomic E-state index is 13.1. The molecular formula is C21H21NO6S. The Morgan fingerprint density at radius 1 is 1.03 bits per heavy atom. The summed E-state index contributed by atoms with van der Waals surface area (Å²) in [7, 11) is -2.52. The molecule has 7 nitrogen and oxygen atoms in total. The van der Waals surface area contributed by atoms with Gasteiger partial charge in [-0.05, 0) is 30.7 Å². The molecule has 152 valence electrons. The van der Waals surface area contributed by atoms with E-state index in [0.29, 0.717) is 12.2 Å². The summed E-state index contributed by atoms with van der Waals surface area (Å²) < 4.78 is 38.0. The van der Waals surface area contributed by atoms with E-state index in [-0.39, 0.29) is 34.0 Å². The van der Waals surface area contributed by atoms with Gasteiger partial charge in [-0.25, -0.2) is 13.2 Å². The second-order valence-corrected chi connectivity index (χ2v) is 8.23. The Hall–Kier alpha value is -3.13. The third-order valence-corrected chi connectivity index (χ3v) is 6.30. The molecule has 0 atom stereocenters. The van der Waals surface area contributed by atoms with Crippen molar-refractivity contribution in [3.05, 3.63) is 65.4 Å². The van der Waals surface area contributed by atoms with Gasteiger partial charge in [-0.1, -0.05) is 31.2 Å². The molecule has 1 aliphatic heterocycles. The highest BCUT2D eigenvalue weighted by atomic mass is 32.2. The first-order valence-electron chi connectivity index (χ1n) is 9.05. The second-order valence-electron chi connectivity index (χ2n) is 6.40. The van der Waals surface area contributed by atoms with E-state index >= 15 is 0 Å². The monoisotopic (exact) mass is 415 g/mol. The number of hydrogen-bond acceptors (Lipinski definition) is 6. The molecule has 0 N–H and O–H groups in total. The van der Waals surface area contributed by atoms with Gasteiger partial charge in [0.1, 0.15) is 17.0 Å². The van der Waals surface area contributed by atoms with Crippen LogP contribution in [0.1, 0.15) is 36.2 Å². The molecule has 2 aromatic carbocycles. The zero-order valence-electron chi connectivity index (χ0n) is 16.3. The average Bonchev–Trinajstić information content (AvgIpc) is 2.71. The number of ketones is 1. The lowest BCUT2D eigenvalue weighted by molar-refractivity contribution is -0.114. The van der Waals surface area contributed by atoms with Crippen molar-refractivity contribution in [3.8, 4) is 5.75 Å². The maximum absolute atomic E-state index is 13.1. The Bertz CT molecular complexity index is 1100. The van der Waals surface area contributed by atoms with Gasteiger partial charge in [0.25, 0.3) is 10.0 Å². The first-order chi connectivity index (χ1) is 13.8. The number of para-hydroxylation sites is 1. The highest BCUT2D eigenvalue weighted by Crippen LogP contribution is 2.38. The van der Waals surface area contributed by atoms with E-state index in [1.165, 1.54) is 32.2 Å². The number of fused-ring (bicyclic) bond motifs is 1. The summed E-state index contributed by atoms with van der Waals surface area (Å²) in [6.45, 7) is 3.13. The van der Waals surface area contributed by atoms with Crippen LogP contribution in [0.4, 0.5) is 0 Å². The van der Waals surface area contributed by atoms with Crippen molar-refractivity contribution >= 4 is 27.5 Å². The number of nitrogens with zero attached hydrogens (tertiary/aromatic N) is 1. The Labute approximate surface area is 169 Å². The summed E-state index contributed by atoms with van der Waals surface area (Å²) in [5.74, 6) is -1.03. The van der Waals surface area contributed by atoms with Crippen LogP contribution in [0.5, 0.6) is 5.75 Å². The molecule has 0 spiro atoms. The van der Waals surface area contributed by atoms with Crippen LogP contribution >= 0.6 is 0 Å². The number of ether oxygens (including phenoxy) is 2. The molecule has 3 rings (SSSR count). The Balaban J connectivity index is 2.21. The van der Waals surface area contributed by atoms with E-state index in [2.05, 4.69) is 0 Å². The van der Waals surface area contributed by atoms with Crippen LogP contribution in [0.25, 0.3) is 5.76 Å². The van der Waals surface area contributed by atoms with Crippen LogP contribution in [0.3, 0.4) is 0 Å². The molecule has 1 aliphatic rings. The van der Waals surface area contributed by atoms with Crippen LogP contribution in [0.15, 0.2) is 59.1 Å². The van der Waals surface area contributed by atoms with E-state index in [9.17, 15) is 18.0 Å². The van der Waals surface area contributed by atoms with Crippen LogP contribution < -0.4 is 4.74 Å². The minimum Gasteiger partial charge on any atom is -0.496 e. The Morgan fingerprint density at radius 2 is 1.69 bits per heavy atom. The van der Waals surface area contributed by atoms with Crippen molar-refractivity contribution in [1.82, 2.24) is 4.31 Å². The average molecular weight is 415 g/mol. The summed E-state index contributed by atoms with van der Waals surface area (Å²) in [4.78, 5) is 25.3. The summed E-state index contributed by atoms with van der Waals surface area (Å²) in [6.07, 6.45) is 0.478. The van der Waals surface area contributed by atoms with Gasteiger partial charge in [-0.2, -0.15) is 0 Å². The second kappa shape index (κ2) is 8.08. The number of carbonyl (C=O) groups excluding carboxylic acids is 2. The first kappa shape index (κ1) is 20.6. The number of rotatable bonds is 6. The van der Waals surface area contributed by atoms with Gasteiger partial charge >= 0.3 is 5.97 Å². The zero-order valence-corrected chi connectivity index (χ0v) is 17.2. The smallest absolute Gasteiger partial charge is 0.347 e. The van der Waals surface area contributed by atoms with Crippen molar-refractivity contribution in [2.75, 3.05) is 13.7 Å². The maximum Gasteiger partial charge on any atom is 0.347 e. The topological polar surface area (TPSA) is 90.0 Å². The lowest BCUT2D eigenvalue weighted by Gasteiger charge is -2.32. The lowest BCUT2D eigenvalue weighted by Crippen LogP contribution is -2.38. The molecule has 0 aromatic heterocycles. The molecule has 0 bridgehead atoms. The third kappa shape index (κ3) is 3.63. The Kier molecular flexibility index (Phi) is 5.74. The van der Waals surface area contributed by atoms with Gasteiger partial charge in [0, 0.05) is 19.0 Å². The van der Waals surface area contributed by atoms with E-state index in [1.807, 2.05) is 0 Å². The quantitative estimate of drug-likeness (QED) is 0.673. The van der Waals surface area contributed by atoms with Crippen molar-refractivity contribution < 1.29 is 27.5 Å². The van der Waals surface area contributed by atoms with Gasteiger partial charge in [0.15, 0.2) is 11.5 Å². The lowest BCUT2D eigenvalue weighted by atomic mass is 10.1. The van der Waals surface area contributed by atoms with Crippen LogP contribution in [-0.2, 0) is 19.6 Å². The standard InChI is InChI=1S/C21H21NO6S/c1-4-13-22-19(14(2)23)20(16-10-6-8-12-18(16)29(22,25)26)28-21(24)15-9-5-7-11-17(15)27-3/h5-12H,4,13H2,1-3H3. The molecule has 2 aromatic rings. The molecule has 0 saturated heterocycles. The first-order valence-corrected chi connectivity index (χ1v) is 10.5. The summed E-state index contributed by atoms with van der Waals surface area (Å²) in [5, 5.41) is 0. The number of allylic oxidation sites excluding steroid dienone is 1. The molecule has 0 radical (unpaired) electrons. The SMILES string of the molecule is CCCN1C(C(C)=O)=C(OC(=O)c2ccccc2OC)c2ccccc2S1(=O)=O. The number of carbonyl (C=O) groups is 2. The molecule has 1 heterocycles. The number of Topliss-reactive ketones (excluding diaryl/α,β-unsaturated/α-hetero) is 1. The zero-order chi connectivity index (χ0) is 21.2. The summed E-state index contributed by atoms with van der Waals surface area (Å²) >= 11 is 0. The van der Waals surface area contributed by atoms with Crippen molar-refractivity contribution in [2.45, 2.75) is 25.2 Å². The minimum atomic E-state index is -3.95. The molecular weight excluding hydrogens is 394 g/mol. The third-order valence-electron chi connectivity index (χ3n) is 4.45. The van der Waals surface area contributed by atoms with Gasteiger partial charge in [-0.3, -0.25) is 9.10 Å². The van der Waals surface area contributed by atoms with Crippen molar-refractivity contribution in [3.63, 3.8) is 0 Å². The number of esters is 1. The van der Waals surface area contributed by atoms with Gasteiger partial charge < -0.3 is 9.47 Å². The van der Waals surface area contributed by atoms with E-state index in [4.69, 9.17) is 9.47 Å².